The molecule has 1 saturated heterocycles. The van der Waals surface area contributed by atoms with Gasteiger partial charge >= 0.3 is 6.18 Å². The zero-order valence-corrected chi connectivity index (χ0v) is 16.9. The summed E-state index contributed by atoms with van der Waals surface area (Å²) in [6.07, 6.45) is -2.62. The number of nitrogens with one attached hydrogen (secondary N) is 1. The number of anilines is 1. The maximum atomic E-state index is 12.9. The van der Waals surface area contributed by atoms with Crippen molar-refractivity contribution in [1.82, 2.24) is 25.1 Å². The summed E-state index contributed by atoms with van der Waals surface area (Å²) < 4.78 is 40.3. The fourth-order valence-corrected chi connectivity index (χ4v) is 4.14. The fraction of sp³-hybridized carbons (Fsp3) is 0.368. The molecule has 11 heteroatoms. The number of aryl methyl sites for hydroxylation is 1. The molecule has 0 atom stereocenters. The number of nitrogens with zero attached hydrogens (tertiary/aromatic N) is 5. The van der Waals surface area contributed by atoms with Crippen LogP contribution in [0, 0.1) is 0 Å². The van der Waals surface area contributed by atoms with Gasteiger partial charge in [0.2, 0.25) is 5.82 Å². The number of thioether (sulfide) groups is 1. The second kappa shape index (κ2) is 8.13. The first-order valence-corrected chi connectivity index (χ1v) is 10.4. The van der Waals surface area contributed by atoms with E-state index in [0.717, 1.165) is 42.1 Å². The van der Waals surface area contributed by atoms with Crippen LogP contribution in [0.3, 0.4) is 0 Å². The van der Waals surface area contributed by atoms with Crippen LogP contribution in [-0.2, 0) is 19.8 Å². The fourth-order valence-electron chi connectivity index (χ4n) is 3.24. The number of aromatic nitrogens is 4. The van der Waals surface area contributed by atoms with Crippen LogP contribution in [0.5, 0.6) is 0 Å². The monoisotopic (exact) mass is 436 g/mol. The van der Waals surface area contributed by atoms with Gasteiger partial charge in [-0.15, -0.1) is 0 Å². The third-order valence-electron chi connectivity index (χ3n) is 4.69. The van der Waals surface area contributed by atoms with Crippen LogP contribution in [0.25, 0.3) is 11.0 Å². The zero-order valence-electron chi connectivity index (χ0n) is 16.1. The third-order valence-corrected chi connectivity index (χ3v) is 5.64. The van der Waals surface area contributed by atoms with Crippen LogP contribution >= 0.6 is 11.8 Å². The van der Waals surface area contributed by atoms with E-state index in [1.54, 1.807) is 11.7 Å². The number of alkyl halides is 3. The molecule has 0 spiro atoms. The first-order chi connectivity index (χ1) is 14.3. The van der Waals surface area contributed by atoms with E-state index in [1.165, 1.54) is 12.1 Å². The summed E-state index contributed by atoms with van der Waals surface area (Å²) in [4.78, 5) is 23.5. The lowest BCUT2D eigenvalue weighted by Gasteiger charge is -2.27. The highest BCUT2D eigenvalue weighted by molar-refractivity contribution is 7.99. The van der Waals surface area contributed by atoms with Gasteiger partial charge in [-0.2, -0.15) is 30.0 Å². The molecule has 1 aromatic carbocycles. The normalized spacial score (nSPS) is 14.9. The van der Waals surface area contributed by atoms with Crippen molar-refractivity contribution in [2.75, 3.05) is 29.5 Å². The quantitative estimate of drug-likeness (QED) is 0.678. The standard InChI is InChI=1S/C19H19F3N6OS/c1-27-11-14-15(26-27)24-16(25-17(14)28-5-7-30-8-6-28)18(29)23-10-12-3-2-4-13(9-12)19(20,21)22/h2-4,9,11H,5-8,10H2,1H3,(H,23,29). The minimum atomic E-state index is -4.44. The summed E-state index contributed by atoms with van der Waals surface area (Å²) in [5, 5.41) is 7.67. The molecule has 1 amide bonds. The van der Waals surface area contributed by atoms with E-state index in [0.29, 0.717) is 17.0 Å². The van der Waals surface area contributed by atoms with Crippen molar-refractivity contribution in [3.63, 3.8) is 0 Å². The Hall–Kier alpha value is -2.82. The largest absolute Gasteiger partial charge is 0.416 e. The summed E-state index contributed by atoms with van der Waals surface area (Å²) in [5.41, 5.74) is -0.0130. The van der Waals surface area contributed by atoms with Gasteiger partial charge in [0, 0.05) is 44.4 Å². The van der Waals surface area contributed by atoms with Gasteiger partial charge in [-0.3, -0.25) is 9.48 Å². The number of hydrogen-bond donors (Lipinski definition) is 1. The number of hydrogen-bond acceptors (Lipinski definition) is 6. The molecule has 30 heavy (non-hydrogen) atoms. The Morgan fingerprint density at radius 3 is 2.73 bits per heavy atom. The molecule has 2 aromatic heterocycles. The second-order valence-electron chi connectivity index (χ2n) is 6.89. The molecule has 1 aliphatic rings. The molecule has 0 saturated carbocycles. The molecule has 0 radical (unpaired) electrons. The molecule has 4 rings (SSSR count). The molecule has 3 heterocycles. The first-order valence-electron chi connectivity index (χ1n) is 9.30. The van der Waals surface area contributed by atoms with Gasteiger partial charge in [0.25, 0.3) is 5.91 Å². The van der Waals surface area contributed by atoms with Gasteiger partial charge in [-0.25, -0.2) is 9.97 Å². The number of halogens is 3. The van der Waals surface area contributed by atoms with Crippen LogP contribution in [0.2, 0.25) is 0 Å². The third kappa shape index (κ3) is 4.35. The Kier molecular flexibility index (Phi) is 5.54. The van der Waals surface area contributed by atoms with Crippen molar-refractivity contribution in [1.29, 1.82) is 0 Å². The van der Waals surface area contributed by atoms with E-state index in [2.05, 4.69) is 25.3 Å². The van der Waals surface area contributed by atoms with Crippen molar-refractivity contribution >= 4 is 34.5 Å². The molecule has 1 aliphatic heterocycles. The number of fused-ring (bicyclic) bond motifs is 1. The predicted octanol–water partition coefficient (Wildman–Crippen LogP) is 2.87. The van der Waals surface area contributed by atoms with E-state index in [-0.39, 0.29) is 12.4 Å². The zero-order chi connectivity index (χ0) is 21.3. The molecule has 7 nitrogen and oxygen atoms in total. The molecule has 3 aromatic rings. The molecule has 0 aliphatic carbocycles. The summed E-state index contributed by atoms with van der Waals surface area (Å²) in [6, 6.07) is 4.84. The summed E-state index contributed by atoms with van der Waals surface area (Å²) in [7, 11) is 1.77. The minimum absolute atomic E-state index is 0.0543. The van der Waals surface area contributed by atoms with Gasteiger partial charge in [-0.05, 0) is 17.7 Å². The maximum Gasteiger partial charge on any atom is 0.416 e. The van der Waals surface area contributed by atoms with Crippen molar-refractivity contribution in [2.45, 2.75) is 12.7 Å². The van der Waals surface area contributed by atoms with Crippen LogP contribution in [-0.4, -0.2) is 50.3 Å². The van der Waals surface area contributed by atoms with Crippen LogP contribution in [0.1, 0.15) is 21.7 Å². The molecule has 0 unspecified atom stereocenters. The van der Waals surface area contributed by atoms with Crippen molar-refractivity contribution in [3.8, 4) is 0 Å². The van der Waals surface area contributed by atoms with Gasteiger partial charge in [0.1, 0.15) is 5.82 Å². The first kappa shape index (κ1) is 20.5. The average molecular weight is 436 g/mol. The van der Waals surface area contributed by atoms with Crippen LogP contribution < -0.4 is 10.2 Å². The molecule has 1 N–H and O–H groups in total. The number of rotatable bonds is 4. The lowest BCUT2D eigenvalue weighted by atomic mass is 10.1. The van der Waals surface area contributed by atoms with E-state index < -0.39 is 17.6 Å². The van der Waals surface area contributed by atoms with Crippen molar-refractivity contribution in [2.24, 2.45) is 7.05 Å². The number of carbonyl (C=O) groups is 1. The number of benzene rings is 1. The van der Waals surface area contributed by atoms with Gasteiger partial charge in [-0.1, -0.05) is 12.1 Å². The highest BCUT2D eigenvalue weighted by Gasteiger charge is 2.30. The predicted molar refractivity (Wildman–Crippen MR) is 108 cm³/mol. The average Bonchev–Trinajstić information content (AvgIpc) is 3.11. The summed E-state index contributed by atoms with van der Waals surface area (Å²) in [6.45, 7) is 1.54. The van der Waals surface area contributed by atoms with Gasteiger partial charge in [0.05, 0.1) is 10.9 Å². The van der Waals surface area contributed by atoms with E-state index >= 15 is 0 Å². The second-order valence-corrected chi connectivity index (χ2v) is 8.12. The van der Waals surface area contributed by atoms with Gasteiger partial charge in [0.15, 0.2) is 5.65 Å². The molecular weight excluding hydrogens is 417 g/mol. The lowest BCUT2D eigenvalue weighted by molar-refractivity contribution is -0.137. The van der Waals surface area contributed by atoms with Gasteiger partial charge < -0.3 is 10.2 Å². The minimum Gasteiger partial charge on any atom is -0.354 e. The van der Waals surface area contributed by atoms with E-state index in [4.69, 9.17) is 0 Å². The summed E-state index contributed by atoms with van der Waals surface area (Å²) >= 11 is 1.86. The summed E-state index contributed by atoms with van der Waals surface area (Å²) in [5.74, 6) is 1.96. The lowest BCUT2D eigenvalue weighted by Crippen LogP contribution is -2.34. The Labute approximate surface area is 174 Å². The number of amides is 1. The smallest absolute Gasteiger partial charge is 0.354 e. The Morgan fingerprint density at radius 2 is 2.00 bits per heavy atom. The molecule has 158 valence electrons. The van der Waals surface area contributed by atoms with Crippen LogP contribution in [0.15, 0.2) is 30.5 Å². The van der Waals surface area contributed by atoms with Crippen molar-refractivity contribution in [3.05, 3.63) is 47.4 Å². The van der Waals surface area contributed by atoms with Crippen LogP contribution in [0.4, 0.5) is 19.0 Å². The molecular formula is C19H19F3N6OS. The van der Waals surface area contributed by atoms with E-state index in [9.17, 15) is 18.0 Å². The number of carbonyl (C=O) groups excluding carboxylic acids is 1. The highest BCUT2D eigenvalue weighted by atomic mass is 32.2. The SMILES string of the molecule is Cn1cc2c(N3CCSCC3)nc(C(=O)NCc3cccc(C(F)(F)F)c3)nc2n1. The Morgan fingerprint density at radius 1 is 1.23 bits per heavy atom. The maximum absolute atomic E-state index is 12.9. The van der Waals surface area contributed by atoms with Crippen molar-refractivity contribution < 1.29 is 18.0 Å². The Balaban J connectivity index is 1.57. The molecule has 1 fully saturated rings. The Bertz CT molecular complexity index is 1080. The highest BCUT2D eigenvalue weighted by Crippen LogP contribution is 2.29. The topological polar surface area (TPSA) is 75.9 Å². The van der Waals surface area contributed by atoms with E-state index in [1.807, 2.05) is 18.0 Å². The molecule has 0 bridgehead atoms.